The van der Waals surface area contributed by atoms with Crippen molar-refractivity contribution in [2.45, 2.75) is 37.6 Å². The Labute approximate surface area is 96.3 Å². The Morgan fingerprint density at radius 2 is 2.12 bits per heavy atom. The normalized spacial score (nSPS) is 32.5. The van der Waals surface area contributed by atoms with E-state index in [-0.39, 0.29) is 5.41 Å². The Kier molecular flexibility index (Phi) is 1.91. The van der Waals surface area contributed by atoms with E-state index in [4.69, 9.17) is 0 Å². The first-order valence-corrected chi connectivity index (χ1v) is 6.01. The van der Waals surface area contributed by atoms with Gasteiger partial charge in [-0.2, -0.15) is 0 Å². The van der Waals surface area contributed by atoms with Crippen molar-refractivity contribution in [1.29, 1.82) is 0 Å². The maximum atomic E-state index is 12.3. The zero-order valence-electron chi connectivity index (χ0n) is 9.86. The molecule has 1 aromatic carbocycles. The molecule has 1 aliphatic heterocycles. The fraction of sp³-hybridized carbons (Fsp3) is 0.500. The van der Waals surface area contributed by atoms with Gasteiger partial charge < -0.3 is 4.90 Å². The Morgan fingerprint density at radius 3 is 2.94 bits per heavy atom. The lowest BCUT2D eigenvalue weighted by Crippen LogP contribution is -2.49. The number of ketones is 1. The lowest BCUT2D eigenvalue weighted by atomic mass is 9.68. The molecule has 3 rings (SSSR count). The molecule has 2 heteroatoms. The number of carbonyl (C=O) groups excluding carboxylic acids is 1. The molecule has 1 aromatic rings. The zero-order chi connectivity index (χ0) is 11.3. The molecule has 84 valence electrons. The number of benzene rings is 1. The summed E-state index contributed by atoms with van der Waals surface area (Å²) < 4.78 is 0. The maximum Gasteiger partial charge on any atom is 0.145 e. The molecule has 2 atom stereocenters. The minimum Gasteiger partial charge on any atom is -0.370 e. The van der Waals surface area contributed by atoms with E-state index in [9.17, 15) is 4.79 Å². The topological polar surface area (TPSA) is 20.3 Å². The van der Waals surface area contributed by atoms with Crippen LogP contribution >= 0.6 is 0 Å². The van der Waals surface area contributed by atoms with Gasteiger partial charge in [0, 0.05) is 25.2 Å². The van der Waals surface area contributed by atoms with Crippen molar-refractivity contribution in [2.75, 3.05) is 11.9 Å². The Balaban J connectivity index is 2.22. The van der Waals surface area contributed by atoms with Crippen molar-refractivity contribution in [2.24, 2.45) is 0 Å². The molecular formula is C14H17NO. The van der Waals surface area contributed by atoms with E-state index in [0.29, 0.717) is 11.8 Å². The van der Waals surface area contributed by atoms with Crippen LogP contribution in [0.1, 0.15) is 31.7 Å². The summed E-state index contributed by atoms with van der Waals surface area (Å²) in [5, 5.41) is 0. The van der Waals surface area contributed by atoms with Crippen molar-refractivity contribution in [3.8, 4) is 0 Å². The van der Waals surface area contributed by atoms with Crippen LogP contribution < -0.4 is 4.90 Å². The second kappa shape index (κ2) is 3.09. The first kappa shape index (κ1) is 9.88. The van der Waals surface area contributed by atoms with E-state index in [1.807, 2.05) is 6.07 Å². The number of anilines is 1. The third-order valence-electron chi connectivity index (χ3n) is 4.44. The number of nitrogens with zero attached hydrogens (tertiary/aromatic N) is 1. The summed E-state index contributed by atoms with van der Waals surface area (Å²) >= 11 is 0. The highest BCUT2D eigenvalue weighted by molar-refractivity contribution is 5.95. The molecule has 1 aliphatic carbocycles. The van der Waals surface area contributed by atoms with Crippen LogP contribution in [-0.2, 0) is 10.2 Å². The summed E-state index contributed by atoms with van der Waals surface area (Å²) in [4.78, 5) is 14.6. The molecule has 0 amide bonds. The maximum absolute atomic E-state index is 12.3. The third kappa shape index (κ3) is 0.998. The van der Waals surface area contributed by atoms with Gasteiger partial charge in [0.2, 0.25) is 0 Å². The second-order valence-corrected chi connectivity index (χ2v) is 5.16. The van der Waals surface area contributed by atoms with Gasteiger partial charge in [-0.1, -0.05) is 18.2 Å². The van der Waals surface area contributed by atoms with Crippen molar-refractivity contribution < 1.29 is 4.79 Å². The van der Waals surface area contributed by atoms with Gasteiger partial charge in [0.25, 0.3) is 0 Å². The number of carbonyl (C=O) groups is 1. The van der Waals surface area contributed by atoms with Crippen LogP contribution in [0.3, 0.4) is 0 Å². The van der Waals surface area contributed by atoms with Crippen LogP contribution in [0.15, 0.2) is 24.3 Å². The molecule has 0 unspecified atom stereocenters. The number of Topliss-reactive ketones (excluding diaryl/α,β-unsaturated/α-hetero) is 1. The largest absolute Gasteiger partial charge is 0.370 e. The quantitative estimate of drug-likeness (QED) is 0.662. The van der Waals surface area contributed by atoms with Gasteiger partial charge in [-0.15, -0.1) is 0 Å². The average molecular weight is 215 g/mol. The van der Waals surface area contributed by atoms with E-state index in [1.165, 1.54) is 11.3 Å². The summed E-state index contributed by atoms with van der Waals surface area (Å²) in [6, 6.07) is 8.72. The minimum atomic E-state index is -0.260. The number of likely N-dealkylation sites (N-methyl/N-ethyl adjacent to an activating group) is 1. The van der Waals surface area contributed by atoms with Gasteiger partial charge >= 0.3 is 0 Å². The molecule has 0 saturated heterocycles. The van der Waals surface area contributed by atoms with Gasteiger partial charge in [-0.25, -0.2) is 0 Å². The van der Waals surface area contributed by atoms with E-state index < -0.39 is 0 Å². The van der Waals surface area contributed by atoms with E-state index in [0.717, 1.165) is 19.3 Å². The van der Waals surface area contributed by atoms with Gasteiger partial charge in [0.15, 0.2) is 0 Å². The molecule has 0 N–H and O–H groups in total. The molecular weight excluding hydrogens is 198 g/mol. The standard InChI is InChI=1S/C14H17NO/c1-14-10-6-3-4-7-11(10)15(2)12(14)8-5-9-13(14)16/h3-4,6-7,12H,5,8-9H2,1-2H3/t12-,14-/m1/s1. The van der Waals surface area contributed by atoms with Gasteiger partial charge in [0.05, 0.1) is 5.41 Å². The van der Waals surface area contributed by atoms with Gasteiger partial charge in [-0.3, -0.25) is 4.79 Å². The molecule has 0 spiro atoms. The number of rotatable bonds is 0. The Morgan fingerprint density at radius 1 is 1.38 bits per heavy atom. The number of hydrogen-bond acceptors (Lipinski definition) is 2. The van der Waals surface area contributed by atoms with Crippen LogP contribution in [0.25, 0.3) is 0 Å². The SMILES string of the molecule is CN1c2ccccc2[C@@]2(C)C(=O)CCC[C@@H]12. The van der Waals surface area contributed by atoms with Crippen molar-refractivity contribution in [3.63, 3.8) is 0 Å². The fourth-order valence-electron chi connectivity index (χ4n) is 3.49. The summed E-state index contributed by atoms with van der Waals surface area (Å²) in [6.07, 6.45) is 2.92. The van der Waals surface area contributed by atoms with Crippen molar-refractivity contribution >= 4 is 11.5 Å². The average Bonchev–Trinajstić information content (AvgIpc) is 2.53. The third-order valence-corrected chi connectivity index (χ3v) is 4.44. The minimum absolute atomic E-state index is 0.260. The zero-order valence-corrected chi connectivity index (χ0v) is 9.86. The Bertz CT molecular complexity index is 454. The Hall–Kier alpha value is -1.31. The van der Waals surface area contributed by atoms with Gasteiger partial charge in [-0.05, 0) is 31.4 Å². The smallest absolute Gasteiger partial charge is 0.145 e. The molecule has 2 aliphatic rings. The predicted octanol–water partition coefficient (Wildman–Crippen LogP) is 2.52. The van der Waals surface area contributed by atoms with Gasteiger partial charge in [0.1, 0.15) is 5.78 Å². The number of hydrogen-bond donors (Lipinski definition) is 0. The molecule has 1 fully saturated rings. The molecule has 0 bridgehead atoms. The first-order valence-electron chi connectivity index (χ1n) is 6.01. The lowest BCUT2D eigenvalue weighted by Gasteiger charge is -2.37. The van der Waals surface area contributed by atoms with E-state index >= 15 is 0 Å². The van der Waals surface area contributed by atoms with Crippen LogP contribution in [0, 0.1) is 0 Å². The van der Waals surface area contributed by atoms with E-state index in [2.05, 4.69) is 37.1 Å². The molecule has 1 heterocycles. The summed E-state index contributed by atoms with van der Waals surface area (Å²) in [6.45, 7) is 2.13. The monoisotopic (exact) mass is 215 g/mol. The van der Waals surface area contributed by atoms with Crippen molar-refractivity contribution in [3.05, 3.63) is 29.8 Å². The highest BCUT2D eigenvalue weighted by Crippen LogP contribution is 2.49. The summed E-state index contributed by atoms with van der Waals surface area (Å²) in [5.74, 6) is 0.417. The number of para-hydroxylation sites is 1. The predicted molar refractivity (Wildman–Crippen MR) is 64.8 cm³/mol. The van der Waals surface area contributed by atoms with Crippen LogP contribution in [-0.4, -0.2) is 18.9 Å². The van der Waals surface area contributed by atoms with Crippen LogP contribution in [0.4, 0.5) is 5.69 Å². The molecule has 16 heavy (non-hydrogen) atoms. The molecule has 0 aromatic heterocycles. The van der Waals surface area contributed by atoms with Crippen LogP contribution in [0.2, 0.25) is 0 Å². The first-order chi connectivity index (χ1) is 7.65. The molecule has 1 saturated carbocycles. The molecule has 2 nitrogen and oxygen atoms in total. The fourth-order valence-corrected chi connectivity index (χ4v) is 3.49. The van der Waals surface area contributed by atoms with E-state index in [1.54, 1.807) is 0 Å². The highest BCUT2D eigenvalue weighted by Gasteiger charge is 2.52. The molecule has 0 radical (unpaired) electrons. The summed E-state index contributed by atoms with van der Waals surface area (Å²) in [7, 11) is 2.12. The highest BCUT2D eigenvalue weighted by atomic mass is 16.1. The van der Waals surface area contributed by atoms with Crippen LogP contribution in [0.5, 0.6) is 0 Å². The summed E-state index contributed by atoms with van der Waals surface area (Å²) in [5.41, 5.74) is 2.21. The lowest BCUT2D eigenvalue weighted by molar-refractivity contribution is -0.126. The number of fused-ring (bicyclic) bond motifs is 3. The van der Waals surface area contributed by atoms with Crippen molar-refractivity contribution in [1.82, 2.24) is 0 Å². The second-order valence-electron chi connectivity index (χ2n) is 5.16.